The third-order valence-corrected chi connectivity index (χ3v) is 4.00. The molecule has 2 aromatic heterocycles. The van der Waals surface area contributed by atoms with Gasteiger partial charge in [0.15, 0.2) is 5.15 Å². The van der Waals surface area contributed by atoms with Gasteiger partial charge in [-0.1, -0.05) is 41.4 Å². The Bertz CT molecular complexity index is 830. The summed E-state index contributed by atoms with van der Waals surface area (Å²) in [7, 11) is 0. The molecule has 0 aliphatic carbocycles. The van der Waals surface area contributed by atoms with Crippen molar-refractivity contribution in [2.75, 3.05) is 0 Å². The molecule has 0 atom stereocenters. The number of hydrogen-bond donors (Lipinski definition) is 0. The molecule has 0 saturated heterocycles. The van der Waals surface area contributed by atoms with Gasteiger partial charge in [-0.15, -0.1) is 5.10 Å². The lowest BCUT2D eigenvalue weighted by atomic mass is 9.96. The molecule has 0 aliphatic heterocycles. The molecule has 3 aromatic rings. The Morgan fingerprint density at radius 3 is 2.27 bits per heavy atom. The van der Waals surface area contributed by atoms with E-state index in [0.29, 0.717) is 10.2 Å². The maximum absolute atomic E-state index is 6.35. The predicted octanol–water partition coefficient (Wildman–Crippen LogP) is 5.13. The maximum Gasteiger partial charge on any atom is 0.161 e. The molecule has 0 N–H and O–H groups in total. The number of nitrogens with zero attached hydrogens (tertiary/aromatic N) is 3. The van der Waals surface area contributed by atoms with Crippen LogP contribution in [0, 0.1) is 13.8 Å². The molecule has 5 heteroatoms. The Morgan fingerprint density at radius 1 is 0.864 bits per heavy atom. The molecule has 0 radical (unpaired) electrons. The average molecular weight is 330 g/mol. The first-order valence-corrected chi connectivity index (χ1v) is 7.54. The highest BCUT2D eigenvalue weighted by Gasteiger charge is 2.19. The Balaban J connectivity index is 2.33. The highest BCUT2D eigenvalue weighted by atomic mass is 35.5. The van der Waals surface area contributed by atoms with Crippen LogP contribution in [-0.4, -0.2) is 15.2 Å². The summed E-state index contributed by atoms with van der Waals surface area (Å²) in [5.74, 6) is 0. The zero-order valence-electron chi connectivity index (χ0n) is 12.1. The van der Waals surface area contributed by atoms with E-state index in [9.17, 15) is 0 Å². The molecule has 0 aliphatic rings. The van der Waals surface area contributed by atoms with Crippen molar-refractivity contribution in [3.8, 4) is 22.4 Å². The van der Waals surface area contributed by atoms with Crippen molar-refractivity contribution in [2.45, 2.75) is 13.8 Å². The summed E-state index contributed by atoms with van der Waals surface area (Å²) in [5.41, 5.74) is 5.36. The van der Waals surface area contributed by atoms with Crippen LogP contribution in [0.2, 0.25) is 10.2 Å². The quantitative estimate of drug-likeness (QED) is 0.654. The van der Waals surface area contributed by atoms with Gasteiger partial charge in [-0.25, -0.2) is 0 Å². The lowest BCUT2D eigenvalue weighted by Gasteiger charge is -2.14. The van der Waals surface area contributed by atoms with Gasteiger partial charge in [0, 0.05) is 22.3 Å². The van der Waals surface area contributed by atoms with Crippen molar-refractivity contribution in [3.63, 3.8) is 0 Å². The second-order valence-electron chi connectivity index (χ2n) is 5.00. The molecule has 3 nitrogen and oxygen atoms in total. The number of pyridine rings is 1. The highest BCUT2D eigenvalue weighted by molar-refractivity contribution is 6.33. The van der Waals surface area contributed by atoms with E-state index in [1.807, 2.05) is 50.2 Å². The van der Waals surface area contributed by atoms with Gasteiger partial charge >= 0.3 is 0 Å². The fourth-order valence-electron chi connectivity index (χ4n) is 2.44. The Labute approximate surface area is 139 Å². The van der Waals surface area contributed by atoms with E-state index in [0.717, 1.165) is 33.6 Å². The minimum absolute atomic E-state index is 0.345. The molecule has 110 valence electrons. The number of aromatic nitrogens is 3. The van der Waals surface area contributed by atoms with Crippen LogP contribution >= 0.6 is 23.2 Å². The average Bonchev–Trinajstić information content (AvgIpc) is 2.51. The standard InChI is InChI=1S/C17H13Cl2N3/c1-10-4-3-9-20-16(10)15-14(11(2)21-22-17(15)19)12-5-7-13(18)8-6-12/h3-9H,1-2H3. The highest BCUT2D eigenvalue weighted by Crippen LogP contribution is 2.38. The molecule has 3 rings (SSSR count). The smallest absolute Gasteiger partial charge is 0.161 e. The van der Waals surface area contributed by atoms with Crippen LogP contribution in [0.25, 0.3) is 22.4 Å². The first kappa shape index (κ1) is 14.9. The van der Waals surface area contributed by atoms with Crippen LogP contribution in [0.3, 0.4) is 0 Å². The van der Waals surface area contributed by atoms with Crippen molar-refractivity contribution >= 4 is 23.2 Å². The second-order valence-corrected chi connectivity index (χ2v) is 5.80. The number of rotatable bonds is 2. The van der Waals surface area contributed by atoms with E-state index >= 15 is 0 Å². The summed E-state index contributed by atoms with van der Waals surface area (Å²) >= 11 is 12.3. The molecule has 0 spiro atoms. The van der Waals surface area contributed by atoms with E-state index in [-0.39, 0.29) is 0 Å². The Kier molecular flexibility index (Phi) is 4.10. The number of hydrogen-bond acceptors (Lipinski definition) is 3. The molecular weight excluding hydrogens is 317 g/mol. The zero-order valence-corrected chi connectivity index (χ0v) is 13.7. The molecular formula is C17H13Cl2N3. The molecule has 22 heavy (non-hydrogen) atoms. The minimum Gasteiger partial charge on any atom is -0.256 e. The lowest BCUT2D eigenvalue weighted by Crippen LogP contribution is -1.99. The lowest BCUT2D eigenvalue weighted by molar-refractivity contribution is 0.983. The fraction of sp³-hybridized carbons (Fsp3) is 0.118. The van der Waals surface area contributed by atoms with Crippen LogP contribution in [0.15, 0.2) is 42.6 Å². The van der Waals surface area contributed by atoms with Crippen molar-refractivity contribution < 1.29 is 0 Å². The van der Waals surface area contributed by atoms with Gasteiger partial charge in [0.25, 0.3) is 0 Å². The molecule has 1 aromatic carbocycles. The van der Waals surface area contributed by atoms with E-state index in [2.05, 4.69) is 15.2 Å². The summed E-state index contributed by atoms with van der Waals surface area (Å²) in [5, 5.41) is 9.23. The van der Waals surface area contributed by atoms with Crippen LogP contribution in [0.4, 0.5) is 0 Å². The van der Waals surface area contributed by atoms with Crippen molar-refractivity contribution in [2.24, 2.45) is 0 Å². The second kappa shape index (κ2) is 6.03. The Hall–Kier alpha value is -1.97. The maximum atomic E-state index is 6.35. The Morgan fingerprint density at radius 2 is 1.59 bits per heavy atom. The van der Waals surface area contributed by atoms with Crippen LogP contribution in [-0.2, 0) is 0 Å². The topological polar surface area (TPSA) is 38.7 Å². The molecule has 0 bridgehead atoms. The van der Waals surface area contributed by atoms with Crippen LogP contribution < -0.4 is 0 Å². The SMILES string of the molecule is Cc1cccnc1-c1c(Cl)nnc(C)c1-c1ccc(Cl)cc1. The van der Waals surface area contributed by atoms with Gasteiger partial charge in [0.2, 0.25) is 0 Å². The van der Waals surface area contributed by atoms with E-state index in [1.54, 1.807) is 6.20 Å². The molecule has 2 heterocycles. The monoisotopic (exact) mass is 329 g/mol. The molecule has 0 unspecified atom stereocenters. The van der Waals surface area contributed by atoms with Gasteiger partial charge in [-0.2, -0.15) is 5.10 Å². The third-order valence-electron chi connectivity index (χ3n) is 3.49. The van der Waals surface area contributed by atoms with Gasteiger partial charge in [0.1, 0.15) is 0 Å². The van der Waals surface area contributed by atoms with Crippen molar-refractivity contribution in [3.05, 3.63) is 64.0 Å². The van der Waals surface area contributed by atoms with E-state index in [1.165, 1.54) is 0 Å². The predicted molar refractivity (Wildman–Crippen MR) is 90.2 cm³/mol. The summed E-state index contributed by atoms with van der Waals surface area (Å²) in [6.07, 6.45) is 1.75. The van der Waals surface area contributed by atoms with Gasteiger partial charge in [0.05, 0.1) is 11.4 Å². The van der Waals surface area contributed by atoms with Crippen LogP contribution in [0.5, 0.6) is 0 Å². The molecule has 0 saturated carbocycles. The number of halogens is 2. The summed E-state index contributed by atoms with van der Waals surface area (Å²) in [4.78, 5) is 4.48. The minimum atomic E-state index is 0.345. The van der Waals surface area contributed by atoms with E-state index < -0.39 is 0 Å². The summed E-state index contributed by atoms with van der Waals surface area (Å²) in [6, 6.07) is 11.5. The van der Waals surface area contributed by atoms with Crippen molar-refractivity contribution in [1.29, 1.82) is 0 Å². The largest absolute Gasteiger partial charge is 0.256 e. The first-order chi connectivity index (χ1) is 10.6. The summed E-state index contributed by atoms with van der Waals surface area (Å²) < 4.78 is 0. The van der Waals surface area contributed by atoms with Crippen molar-refractivity contribution in [1.82, 2.24) is 15.2 Å². The normalized spacial score (nSPS) is 10.7. The van der Waals surface area contributed by atoms with E-state index in [4.69, 9.17) is 23.2 Å². The zero-order chi connectivity index (χ0) is 15.7. The van der Waals surface area contributed by atoms with Gasteiger partial charge in [-0.3, -0.25) is 4.98 Å². The molecule has 0 amide bonds. The van der Waals surface area contributed by atoms with Gasteiger partial charge in [-0.05, 0) is 43.2 Å². The van der Waals surface area contributed by atoms with Crippen LogP contribution in [0.1, 0.15) is 11.3 Å². The molecule has 0 fully saturated rings. The summed E-state index contributed by atoms with van der Waals surface area (Å²) in [6.45, 7) is 3.91. The van der Waals surface area contributed by atoms with Gasteiger partial charge < -0.3 is 0 Å². The fourth-order valence-corrected chi connectivity index (χ4v) is 2.78. The third kappa shape index (κ3) is 2.70. The first-order valence-electron chi connectivity index (χ1n) is 6.78. The number of aryl methyl sites for hydroxylation is 2. The number of benzene rings is 1.